The lowest BCUT2D eigenvalue weighted by molar-refractivity contribution is -0.143. The van der Waals surface area contributed by atoms with Crippen LogP contribution in [0.15, 0.2) is 78.9 Å². The maximum atomic E-state index is 13.1. The minimum absolute atomic E-state index is 0.00639. The second-order valence-electron chi connectivity index (χ2n) is 8.57. The van der Waals surface area contributed by atoms with Gasteiger partial charge in [-0.2, -0.15) is 26.3 Å². The van der Waals surface area contributed by atoms with Crippen LogP contribution < -0.4 is 0 Å². The molecule has 3 nitrogen and oxygen atoms in total. The van der Waals surface area contributed by atoms with Crippen molar-refractivity contribution in [1.29, 1.82) is 0 Å². The fraction of sp³-hybridized carbons (Fsp3) is 0.333. The zero-order valence-electron chi connectivity index (χ0n) is 22.4. The van der Waals surface area contributed by atoms with Crippen molar-refractivity contribution in [3.63, 3.8) is 0 Å². The molecule has 3 aromatic rings. The Morgan fingerprint density at radius 1 is 0.900 bits per heavy atom. The molecule has 4 rings (SSSR count). The highest BCUT2D eigenvalue weighted by Crippen LogP contribution is 2.37. The maximum absolute atomic E-state index is 13.1. The molecule has 0 radical (unpaired) electrons. The van der Waals surface area contributed by atoms with E-state index in [4.69, 9.17) is 4.74 Å². The van der Waals surface area contributed by atoms with E-state index in [2.05, 4.69) is 29.2 Å². The number of alkyl halides is 6. The van der Waals surface area contributed by atoms with Gasteiger partial charge in [0.1, 0.15) is 11.6 Å². The van der Waals surface area contributed by atoms with Gasteiger partial charge in [-0.15, -0.1) is 0 Å². The van der Waals surface area contributed by atoms with Gasteiger partial charge in [-0.3, -0.25) is 4.90 Å². The zero-order valence-corrected chi connectivity index (χ0v) is 22.4. The van der Waals surface area contributed by atoms with Crippen molar-refractivity contribution in [2.75, 3.05) is 19.8 Å². The summed E-state index contributed by atoms with van der Waals surface area (Å²) in [5.74, 6) is -0.841. The summed E-state index contributed by atoms with van der Waals surface area (Å²) in [6.45, 7) is 8.51. The first-order valence-electron chi connectivity index (χ1n) is 12.6. The molecular formula is C30H32F7NO2. The van der Waals surface area contributed by atoms with E-state index in [9.17, 15) is 35.8 Å². The molecule has 0 amide bonds. The standard InChI is InChI=1S/C17H18FNO.C11H8F6O.C2H6/c18-16-8-6-15(7-9-16)17-13-20-11-10-19(17)12-14-4-2-1-3-5-14;1-2-9(18)6-3-7(10(12,13)14)5-8(4-6)11(15,16)17;1-2/h1-9,17H,10-13H2;2-5,18H,1H3;1-2H3/b;9-2+;/t17-;;/m1../s1. The number of morpholine rings is 1. The Bertz CT molecular complexity index is 1180. The molecule has 3 aromatic carbocycles. The maximum Gasteiger partial charge on any atom is 0.416 e. The van der Waals surface area contributed by atoms with Gasteiger partial charge in [0.15, 0.2) is 0 Å². The number of rotatable bonds is 4. The van der Waals surface area contributed by atoms with Gasteiger partial charge >= 0.3 is 12.4 Å². The van der Waals surface area contributed by atoms with Crippen LogP contribution in [0.1, 0.15) is 54.6 Å². The highest BCUT2D eigenvalue weighted by Gasteiger charge is 2.37. The van der Waals surface area contributed by atoms with Crippen LogP contribution >= 0.6 is 0 Å². The summed E-state index contributed by atoms with van der Waals surface area (Å²) in [7, 11) is 0. The number of hydrogen-bond acceptors (Lipinski definition) is 3. The van der Waals surface area contributed by atoms with Crippen LogP contribution in [0.3, 0.4) is 0 Å². The van der Waals surface area contributed by atoms with E-state index in [1.165, 1.54) is 24.6 Å². The van der Waals surface area contributed by atoms with E-state index < -0.39 is 34.8 Å². The quantitative estimate of drug-likeness (QED) is 0.251. The molecule has 0 saturated carbocycles. The molecule has 0 unspecified atom stereocenters. The average Bonchev–Trinajstić information content (AvgIpc) is 2.94. The molecule has 0 bridgehead atoms. The number of nitrogens with zero attached hydrogens (tertiary/aromatic N) is 1. The first-order chi connectivity index (χ1) is 18.9. The minimum atomic E-state index is -4.91. The summed E-state index contributed by atoms with van der Waals surface area (Å²) in [5, 5.41) is 9.24. The first-order valence-corrected chi connectivity index (χ1v) is 12.6. The third-order valence-corrected chi connectivity index (χ3v) is 5.88. The second kappa shape index (κ2) is 14.9. The third kappa shape index (κ3) is 9.67. The van der Waals surface area contributed by atoms with E-state index in [1.807, 2.05) is 32.0 Å². The van der Waals surface area contributed by atoms with Crippen molar-refractivity contribution in [2.24, 2.45) is 0 Å². The molecule has 1 fully saturated rings. The topological polar surface area (TPSA) is 32.7 Å². The van der Waals surface area contributed by atoms with Crippen LogP contribution in [0, 0.1) is 5.82 Å². The van der Waals surface area contributed by atoms with Crippen molar-refractivity contribution in [3.8, 4) is 0 Å². The van der Waals surface area contributed by atoms with Gasteiger partial charge in [0, 0.05) is 18.7 Å². The smallest absolute Gasteiger partial charge is 0.416 e. The molecule has 1 atom stereocenters. The van der Waals surface area contributed by atoms with Crippen molar-refractivity contribution in [2.45, 2.75) is 45.7 Å². The molecule has 0 aromatic heterocycles. The average molecular weight is 572 g/mol. The number of aliphatic hydroxyl groups excluding tert-OH is 1. The largest absolute Gasteiger partial charge is 0.508 e. The van der Waals surface area contributed by atoms with Crippen LogP contribution in [0.25, 0.3) is 5.76 Å². The van der Waals surface area contributed by atoms with Gasteiger partial charge in [0.2, 0.25) is 0 Å². The van der Waals surface area contributed by atoms with Gasteiger partial charge in [-0.1, -0.05) is 56.3 Å². The number of halogens is 7. The molecule has 1 aliphatic heterocycles. The van der Waals surface area contributed by atoms with Gasteiger partial charge in [0.25, 0.3) is 0 Å². The lowest BCUT2D eigenvalue weighted by Gasteiger charge is -2.36. The molecule has 0 spiro atoms. The minimum Gasteiger partial charge on any atom is -0.508 e. The summed E-state index contributed by atoms with van der Waals surface area (Å²) in [6.07, 6.45) is -8.82. The SMILES string of the molecule is C/C=C(/O)c1cc(C(F)(F)F)cc(C(F)(F)F)c1.CC.Fc1ccc([C@H]2COCCN2Cc2ccccc2)cc1. The fourth-order valence-corrected chi connectivity index (χ4v) is 3.91. The lowest BCUT2D eigenvalue weighted by atomic mass is 10.0. The molecular weight excluding hydrogens is 539 g/mol. The predicted octanol–water partition coefficient (Wildman–Crippen LogP) is 9.07. The number of hydrogen-bond donors (Lipinski definition) is 1. The molecule has 1 saturated heterocycles. The van der Waals surface area contributed by atoms with E-state index in [1.54, 1.807) is 0 Å². The van der Waals surface area contributed by atoms with Gasteiger partial charge in [0.05, 0.1) is 30.4 Å². The van der Waals surface area contributed by atoms with Crippen molar-refractivity contribution in [1.82, 2.24) is 4.90 Å². The van der Waals surface area contributed by atoms with E-state index in [0.717, 1.165) is 31.3 Å². The van der Waals surface area contributed by atoms with E-state index in [0.29, 0.717) is 18.7 Å². The van der Waals surface area contributed by atoms with Crippen molar-refractivity contribution >= 4 is 5.76 Å². The Hall–Kier alpha value is -3.37. The molecule has 10 heteroatoms. The predicted molar refractivity (Wildman–Crippen MR) is 141 cm³/mol. The van der Waals surface area contributed by atoms with Crippen LogP contribution in [-0.4, -0.2) is 29.8 Å². The highest BCUT2D eigenvalue weighted by atomic mass is 19.4. The monoisotopic (exact) mass is 571 g/mol. The second-order valence-corrected chi connectivity index (χ2v) is 8.57. The number of benzene rings is 3. The summed E-state index contributed by atoms with van der Waals surface area (Å²) < 4.78 is 93.3. The molecule has 1 N–H and O–H groups in total. The Labute approximate surface area is 229 Å². The summed E-state index contributed by atoms with van der Waals surface area (Å²) in [4.78, 5) is 2.39. The third-order valence-electron chi connectivity index (χ3n) is 5.88. The number of aliphatic hydroxyl groups is 1. The Morgan fingerprint density at radius 2 is 1.45 bits per heavy atom. The normalized spacial score (nSPS) is 16.4. The van der Waals surface area contributed by atoms with Crippen molar-refractivity contribution < 1.29 is 40.6 Å². The Balaban J connectivity index is 0.000000266. The van der Waals surface area contributed by atoms with Crippen LogP contribution in [-0.2, 0) is 23.6 Å². The molecule has 1 aliphatic rings. The van der Waals surface area contributed by atoms with E-state index in [-0.39, 0.29) is 17.9 Å². The van der Waals surface area contributed by atoms with Gasteiger partial charge in [-0.25, -0.2) is 4.39 Å². The van der Waals surface area contributed by atoms with Gasteiger partial charge < -0.3 is 9.84 Å². The van der Waals surface area contributed by atoms with E-state index >= 15 is 0 Å². The molecule has 218 valence electrons. The molecule has 1 heterocycles. The van der Waals surface area contributed by atoms with Crippen LogP contribution in [0.2, 0.25) is 0 Å². The Kier molecular flexibility index (Phi) is 12.2. The summed E-state index contributed by atoms with van der Waals surface area (Å²) >= 11 is 0. The fourth-order valence-electron chi connectivity index (χ4n) is 3.91. The molecule has 40 heavy (non-hydrogen) atoms. The van der Waals surface area contributed by atoms with Crippen LogP contribution in [0.5, 0.6) is 0 Å². The summed E-state index contributed by atoms with van der Waals surface area (Å²) in [5.41, 5.74) is -1.04. The first kappa shape index (κ1) is 32.8. The molecule has 0 aliphatic carbocycles. The van der Waals surface area contributed by atoms with Crippen LogP contribution in [0.4, 0.5) is 30.7 Å². The van der Waals surface area contributed by atoms with Gasteiger partial charge in [-0.05, 0) is 54.5 Å². The highest BCUT2D eigenvalue weighted by molar-refractivity contribution is 5.60. The van der Waals surface area contributed by atoms with Crippen molar-refractivity contribution in [3.05, 3.63) is 113 Å². The lowest BCUT2D eigenvalue weighted by Crippen LogP contribution is -2.38. The summed E-state index contributed by atoms with van der Waals surface area (Å²) in [6, 6.07) is 18.3. The number of ether oxygens (including phenoxy) is 1. The number of allylic oxidation sites excluding steroid dienone is 1. The Morgan fingerprint density at radius 3 is 1.95 bits per heavy atom. The zero-order chi connectivity index (χ0) is 29.9.